The van der Waals surface area contributed by atoms with Crippen molar-refractivity contribution in [2.24, 2.45) is 4.99 Å². The van der Waals surface area contributed by atoms with Gasteiger partial charge < -0.3 is 18.9 Å². The Bertz CT molecular complexity index is 1800. The lowest BCUT2D eigenvalue weighted by Gasteiger charge is -2.27. The Morgan fingerprint density at radius 1 is 1.03 bits per heavy atom. The Kier molecular flexibility index (Phi) is 7.26. The predicted octanol–water partition coefficient (Wildman–Crippen LogP) is 3.98. The Balaban J connectivity index is 1.83. The quantitative estimate of drug-likeness (QED) is 0.327. The third-order valence-corrected chi connectivity index (χ3v) is 7.65. The highest BCUT2D eigenvalue weighted by Crippen LogP contribution is 2.40. The first kappa shape index (κ1) is 26.2. The number of nitrogens with zero attached hydrogens (tertiary/aromatic N) is 2. The Hall–Kier alpha value is -4.37. The maximum atomic E-state index is 14.1. The highest BCUT2D eigenvalue weighted by Gasteiger charge is 2.36. The van der Waals surface area contributed by atoms with Crippen LogP contribution in [-0.2, 0) is 9.53 Å². The van der Waals surface area contributed by atoms with E-state index in [9.17, 15) is 9.59 Å². The fourth-order valence-corrected chi connectivity index (χ4v) is 5.92. The van der Waals surface area contributed by atoms with Crippen LogP contribution < -0.4 is 29.1 Å². The molecule has 9 heteroatoms. The SMILES string of the molecule is CCOC(=O)C1=C(C)N=c2sc(=Cc3ccc(OC)cc3OC)c(=O)n2C1c1c(OC)ccc2ccccc12. The molecule has 0 N–H and O–H groups in total. The average molecular weight is 545 g/mol. The average Bonchev–Trinajstić information content (AvgIpc) is 3.25. The molecule has 0 radical (unpaired) electrons. The molecule has 4 aromatic rings. The minimum absolute atomic E-state index is 0.191. The van der Waals surface area contributed by atoms with Gasteiger partial charge in [-0.25, -0.2) is 9.79 Å². The van der Waals surface area contributed by atoms with E-state index in [0.29, 0.717) is 49.0 Å². The molecule has 8 nitrogen and oxygen atoms in total. The topological polar surface area (TPSA) is 88.4 Å². The molecule has 0 spiro atoms. The lowest BCUT2D eigenvalue weighted by atomic mass is 9.90. The van der Waals surface area contributed by atoms with Gasteiger partial charge in [0.25, 0.3) is 5.56 Å². The van der Waals surface area contributed by atoms with Crippen LogP contribution in [0.3, 0.4) is 0 Å². The first-order valence-electron chi connectivity index (χ1n) is 12.4. The fourth-order valence-electron chi connectivity index (χ4n) is 4.88. The molecule has 200 valence electrons. The number of carbonyl (C=O) groups excluding carboxylic acids is 1. The van der Waals surface area contributed by atoms with E-state index in [-0.39, 0.29) is 12.2 Å². The molecule has 0 aliphatic carbocycles. The van der Waals surface area contributed by atoms with E-state index in [1.165, 1.54) is 11.3 Å². The summed E-state index contributed by atoms with van der Waals surface area (Å²) in [5, 5.41) is 1.82. The number of rotatable bonds is 7. The molecular formula is C30H28N2O6S. The summed E-state index contributed by atoms with van der Waals surface area (Å²) >= 11 is 1.25. The molecule has 0 saturated heterocycles. The molecule has 0 amide bonds. The van der Waals surface area contributed by atoms with E-state index < -0.39 is 12.0 Å². The number of fused-ring (bicyclic) bond motifs is 2. The van der Waals surface area contributed by atoms with E-state index >= 15 is 0 Å². The number of hydrogen-bond donors (Lipinski definition) is 0. The first-order valence-corrected chi connectivity index (χ1v) is 13.2. The van der Waals surface area contributed by atoms with Crippen LogP contribution in [0.15, 0.2) is 75.7 Å². The van der Waals surface area contributed by atoms with Crippen molar-refractivity contribution in [1.82, 2.24) is 4.57 Å². The number of allylic oxidation sites excluding steroid dienone is 1. The predicted molar refractivity (Wildman–Crippen MR) is 150 cm³/mol. The van der Waals surface area contributed by atoms with Crippen molar-refractivity contribution in [2.45, 2.75) is 19.9 Å². The summed E-state index contributed by atoms with van der Waals surface area (Å²) in [4.78, 5) is 32.6. The molecule has 3 aromatic carbocycles. The van der Waals surface area contributed by atoms with Gasteiger partial charge in [0, 0.05) is 17.2 Å². The van der Waals surface area contributed by atoms with Gasteiger partial charge in [0.1, 0.15) is 23.3 Å². The highest BCUT2D eigenvalue weighted by atomic mass is 32.1. The van der Waals surface area contributed by atoms with Gasteiger partial charge in [-0.1, -0.05) is 41.7 Å². The van der Waals surface area contributed by atoms with Crippen LogP contribution in [0.25, 0.3) is 16.8 Å². The standard InChI is InChI=1S/C30H28N2O6S/c1-6-38-29(34)25-17(2)31-30-32(27(25)26-21-10-8-7-9-18(21)12-14-22(26)36-4)28(33)24(39-30)15-19-11-13-20(35-3)16-23(19)37-5/h7-16,27H,6H2,1-5H3. The van der Waals surface area contributed by atoms with Gasteiger partial charge in [-0.2, -0.15) is 0 Å². The summed E-state index contributed by atoms with van der Waals surface area (Å²) in [6, 6.07) is 16.2. The minimum atomic E-state index is -0.804. The smallest absolute Gasteiger partial charge is 0.338 e. The molecule has 0 bridgehead atoms. The van der Waals surface area contributed by atoms with Gasteiger partial charge in [0.15, 0.2) is 4.80 Å². The largest absolute Gasteiger partial charge is 0.497 e. The second-order valence-corrected chi connectivity index (χ2v) is 9.82. The third-order valence-electron chi connectivity index (χ3n) is 6.67. The van der Waals surface area contributed by atoms with Crippen LogP contribution in [-0.4, -0.2) is 38.5 Å². The number of benzene rings is 3. The van der Waals surface area contributed by atoms with E-state index in [2.05, 4.69) is 4.99 Å². The molecule has 1 unspecified atom stereocenters. The third kappa shape index (κ3) is 4.59. The number of esters is 1. The van der Waals surface area contributed by atoms with Crippen molar-refractivity contribution in [3.63, 3.8) is 0 Å². The van der Waals surface area contributed by atoms with Crippen molar-refractivity contribution in [3.8, 4) is 17.2 Å². The molecule has 1 aromatic heterocycles. The molecule has 2 heterocycles. The molecule has 0 saturated carbocycles. The number of methoxy groups -OCH3 is 3. The van der Waals surface area contributed by atoms with E-state index in [1.54, 1.807) is 58.0 Å². The van der Waals surface area contributed by atoms with Crippen molar-refractivity contribution in [3.05, 3.63) is 96.7 Å². The van der Waals surface area contributed by atoms with Crippen molar-refractivity contribution in [2.75, 3.05) is 27.9 Å². The molecule has 5 rings (SSSR count). The van der Waals surface area contributed by atoms with E-state index in [1.807, 2.05) is 42.5 Å². The molecule has 1 aliphatic heterocycles. The molecular weight excluding hydrogens is 516 g/mol. The molecule has 1 atom stereocenters. The number of aromatic nitrogens is 1. The van der Waals surface area contributed by atoms with Crippen molar-refractivity contribution in [1.29, 1.82) is 0 Å². The maximum absolute atomic E-state index is 14.1. The summed E-state index contributed by atoms with van der Waals surface area (Å²) in [5.74, 6) is 1.24. The van der Waals surface area contributed by atoms with Gasteiger partial charge in [-0.3, -0.25) is 9.36 Å². The van der Waals surface area contributed by atoms with Crippen LogP contribution in [0.1, 0.15) is 31.0 Å². The zero-order chi connectivity index (χ0) is 27.7. The zero-order valence-electron chi connectivity index (χ0n) is 22.3. The number of hydrogen-bond acceptors (Lipinski definition) is 8. The van der Waals surface area contributed by atoms with Crippen molar-refractivity contribution >= 4 is 34.2 Å². The normalized spacial score (nSPS) is 15.1. The Morgan fingerprint density at radius 3 is 2.51 bits per heavy atom. The summed E-state index contributed by atoms with van der Waals surface area (Å²) in [6.45, 7) is 3.70. The fraction of sp³-hybridized carbons (Fsp3) is 0.233. The number of thiazole rings is 1. The summed E-state index contributed by atoms with van der Waals surface area (Å²) < 4.78 is 24.1. The molecule has 1 aliphatic rings. The van der Waals surface area contributed by atoms with E-state index in [4.69, 9.17) is 18.9 Å². The van der Waals surface area contributed by atoms with Crippen LogP contribution >= 0.6 is 11.3 Å². The number of ether oxygens (including phenoxy) is 4. The van der Waals surface area contributed by atoms with Crippen molar-refractivity contribution < 1.29 is 23.7 Å². The second kappa shape index (κ2) is 10.8. The van der Waals surface area contributed by atoms with Gasteiger partial charge in [-0.05, 0) is 48.9 Å². The molecule has 39 heavy (non-hydrogen) atoms. The van der Waals surface area contributed by atoms with Gasteiger partial charge in [-0.15, -0.1) is 0 Å². The van der Waals surface area contributed by atoms with Crippen LogP contribution in [0.5, 0.6) is 17.2 Å². The van der Waals surface area contributed by atoms with Crippen LogP contribution in [0, 0.1) is 0 Å². The summed E-state index contributed by atoms with van der Waals surface area (Å²) in [6.07, 6.45) is 1.77. The first-order chi connectivity index (χ1) is 18.9. The minimum Gasteiger partial charge on any atom is -0.497 e. The zero-order valence-corrected chi connectivity index (χ0v) is 23.1. The summed E-state index contributed by atoms with van der Waals surface area (Å²) in [7, 11) is 4.72. The number of carbonyl (C=O) groups is 1. The Labute approximate surface area is 229 Å². The van der Waals surface area contributed by atoms with Gasteiger partial charge in [0.05, 0.1) is 43.7 Å². The van der Waals surface area contributed by atoms with Crippen LogP contribution in [0.4, 0.5) is 0 Å². The lowest BCUT2D eigenvalue weighted by molar-refractivity contribution is -0.139. The summed E-state index contributed by atoms with van der Waals surface area (Å²) in [5.41, 5.74) is 1.91. The lowest BCUT2D eigenvalue weighted by Crippen LogP contribution is -2.40. The second-order valence-electron chi connectivity index (χ2n) is 8.81. The van der Waals surface area contributed by atoms with Crippen LogP contribution in [0.2, 0.25) is 0 Å². The molecule has 0 fully saturated rings. The monoisotopic (exact) mass is 544 g/mol. The Morgan fingerprint density at radius 2 is 1.79 bits per heavy atom. The van der Waals surface area contributed by atoms with E-state index in [0.717, 1.165) is 10.8 Å². The highest BCUT2D eigenvalue weighted by molar-refractivity contribution is 7.07. The van der Waals surface area contributed by atoms with Gasteiger partial charge in [0.2, 0.25) is 0 Å². The van der Waals surface area contributed by atoms with Gasteiger partial charge >= 0.3 is 5.97 Å². The maximum Gasteiger partial charge on any atom is 0.338 e.